The first-order valence-corrected chi connectivity index (χ1v) is 10.5. The highest BCUT2D eigenvalue weighted by Gasteiger charge is 2.21. The molecule has 2 aromatic rings. The van der Waals surface area contributed by atoms with Crippen LogP contribution in [0.1, 0.15) is 62.5 Å². The average Bonchev–Trinajstić information content (AvgIpc) is 2.99. The van der Waals surface area contributed by atoms with Crippen molar-refractivity contribution in [1.82, 2.24) is 0 Å². The van der Waals surface area contributed by atoms with Crippen LogP contribution >= 0.6 is 0 Å². The van der Waals surface area contributed by atoms with E-state index in [0.717, 1.165) is 18.3 Å². The lowest BCUT2D eigenvalue weighted by Crippen LogP contribution is -2.12. The van der Waals surface area contributed by atoms with E-state index in [1.165, 1.54) is 59.6 Å². The van der Waals surface area contributed by atoms with Crippen LogP contribution in [0, 0.1) is 5.92 Å². The third kappa shape index (κ3) is 4.00. The van der Waals surface area contributed by atoms with Gasteiger partial charge in [0, 0.05) is 0 Å². The summed E-state index contributed by atoms with van der Waals surface area (Å²) < 4.78 is 0. The average molecular weight is 355 g/mol. The lowest BCUT2D eigenvalue weighted by Gasteiger charge is -2.28. The second-order valence-electron chi connectivity index (χ2n) is 8.12. The standard InChI is InChI=1S/C27H30/c1-3-20-6-5-7-22(11-8-20)24-14-16-27-19-25(15-17-26(27)18-24)23-12-9-21(4-2)10-13-23/h3,5-6,8,11,14-19,21,23H,1,4,7,9-10,12-13H2,2H3. The molecule has 138 valence electrons. The van der Waals surface area contributed by atoms with Crippen molar-refractivity contribution in [2.75, 3.05) is 0 Å². The van der Waals surface area contributed by atoms with Crippen LogP contribution in [0.3, 0.4) is 0 Å². The summed E-state index contributed by atoms with van der Waals surface area (Å²) in [6, 6.07) is 14.1. The van der Waals surface area contributed by atoms with E-state index in [2.05, 4.69) is 74.2 Å². The molecule has 0 amide bonds. The van der Waals surface area contributed by atoms with E-state index in [1.54, 1.807) is 5.56 Å². The van der Waals surface area contributed by atoms with Gasteiger partial charge in [0.05, 0.1) is 0 Å². The first kappa shape index (κ1) is 18.0. The molecule has 2 aromatic carbocycles. The van der Waals surface area contributed by atoms with Crippen molar-refractivity contribution in [3.63, 3.8) is 0 Å². The molecule has 0 aromatic heterocycles. The van der Waals surface area contributed by atoms with Crippen LogP contribution in [0.2, 0.25) is 0 Å². The van der Waals surface area contributed by atoms with Gasteiger partial charge in [-0.25, -0.2) is 0 Å². The molecular weight excluding hydrogens is 324 g/mol. The zero-order chi connectivity index (χ0) is 18.6. The first-order valence-electron chi connectivity index (χ1n) is 10.5. The molecule has 0 heteroatoms. The van der Waals surface area contributed by atoms with E-state index in [4.69, 9.17) is 0 Å². The molecule has 1 saturated carbocycles. The number of allylic oxidation sites excluding steroid dienone is 7. The molecule has 0 nitrogen and oxygen atoms in total. The molecule has 1 fully saturated rings. The Morgan fingerprint density at radius 2 is 1.74 bits per heavy atom. The molecule has 0 radical (unpaired) electrons. The first-order chi connectivity index (χ1) is 13.3. The van der Waals surface area contributed by atoms with Gasteiger partial charge >= 0.3 is 0 Å². The van der Waals surface area contributed by atoms with Gasteiger partial charge in [-0.1, -0.05) is 80.6 Å². The van der Waals surface area contributed by atoms with Gasteiger partial charge in [-0.3, -0.25) is 0 Å². The maximum Gasteiger partial charge on any atom is -0.00882 e. The topological polar surface area (TPSA) is 0 Å². The van der Waals surface area contributed by atoms with Crippen molar-refractivity contribution in [3.8, 4) is 0 Å². The highest BCUT2D eigenvalue weighted by atomic mass is 14.3. The predicted octanol–water partition coefficient (Wildman–Crippen LogP) is 7.98. The molecule has 2 aliphatic rings. The fourth-order valence-electron chi connectivity index (χ4n) is 4.61. The maximum atomic E-state index is 3.87. The van der Waals surface area contributed by atoms with Crippen LogP contribution in [0.25, 0.3) is 16.3 Å². The van der Waals surface area contributed by atoms with Gasteiger partial charge in [-0.15, -0.1) is 0 Å². The number of fused-ring (bicyclic) bond motifs is 1. The number of rotatable bonds is 4. The summed E-state index contributed by atoms with van der Waals surface area (Å²) in [5, 5.41) is 2.72. The van der Waals surface area contributed by atoms with Gasteiger partial charge in [-0.05, 0) is 83.1 Å². The van der Waals surface area contributed by atoms with Crippen molar-refractivity contribution in [3.05, 3.63) is 90.1 Å². The number of hydrogen-bond acceptors (Lipinski definition) is 0. The number of benzene rings is 2. The molecule has 0 bridgehead atoms. The Hall–Kier alpha value is -2.34. The zero-order valence-electron chi connectivity index (χ0n) is 16.5. The fraction of sp³-hybridized carbons (Fsp3) is 0.333. The normalized spacial score (nSPS) is 22.9. The molecule has 0 spiro atoms. The molecule has 4 rings (SSSR count). The number of hydrogen-bond donors (Lipinski definition) is 0. The van der Waals surface area contributed by atoms with E-state index in [1.807, 2.05) is 6.08 Å². The van der Waals surface area contributed by atoms with E-state index in [9.17, 15) is 0 Å². The van der Waals surface area contributed by atoms with Crippen LogP contribution in [0.4, 0.5) is 0 Å². The lowest BCUT2D eigenvalue weighted by atomic mass is 9.77. The van der Waals surface area contributed by atoms with Gasteiger partial charge in [0.25, 0.3) is 0 Å². The summed E-state index contributed by atoms with van der Waals surface area (Å²) in [4.78, 5) is 0. The summed E-state index contributed by atoms with van der Waals surface area (Å²) in [5.74, 6) is 1.72. The minimum absolute atomic E-state index is 0.758. The minimum Gasteiger partial charge on any atom is -0.0985 e. The smallest absolute Gasteiger partial charge is 0.00882 e. The van der Waals surface area contributed by atoms with Crippen molar-refractivity contribution >= 4 is 16.3 Å². The predicted molar refractivity (Wildman–Crippen MR) is 119 cm³/mol. The maximum absolute atomic E-state index is 3.87. The monoisotopic (exact) mass is 354 g/mol. The summed E-state index contributed by atoms with van der Waals surface area (Å²) in [6.45, 7) is 6.21. The Bertz CT molecular complexity index is 914. The van der Waals surface area contributed by atoms with E-state index >= 15 is 0 Å². The van der Waals surface area contributed by atoms with Crippen LogP contribution in [-0.2, 0) is 0 Å². The molecule has 0 unspecified atom stereocenters. The molecule has 2 aliphatic carbocycles. The molecule has 0 saturated heterocycles. The van der Waals surface area contributed by atoms with Crippen LogP contribution in [-0.4, -0.2) is 0 Å². The summed E-state index contributed by atoms with van der Waals surface area (Å²) >= 11 is 0. The van der Waals surface area contributed by atoms with Crippen molar-refractivity contribution < 1.29 is 0 Å². The summed E-state index contributed by atoms with van der Waals surface area (Å²) in [6.07, 6.45) is 18.5. The van der Waals surface area contributed by atoms with Gasteiger partial charge in [-0.2, -0.15) is 0 Å². The van der Waals surface area contributed by atoms with E-state index < -0.39 is 0 Å². The quantitative estimate of drug-likeness (QED) is 0.522. The highest BCUT2D eigenvalue weighted by molar-refractivity contribution is 5.87. The molecule has 0 heterocycles. The largest absolute Gasteiger partial charge is 0.0985 e. The Kier molecular flexibility index (Phi) is 5.43. The Labute approximate surface area is 164 Å². The molecule has 0 atom stereocenters. The second kappa shape index (κ2) is 8.13. The van der Waals surface area contributed by atoms with Crippen LogP contribution in [0.15, 0.2) is 78.9 Å². The highest BCUT2D eigenvalue weighted by Crippen LogP contribution is 2.38. The summed E-state index contributed by atoms with van der Waals surface area (Å²) in [7, 11) is 0. The van der Waals surface area contributed by atoms with Gasteiger partial charge in [0.2, 0.25) is 0 Å². The molecule has 0 N–H and O–H groups in total. The zero-order valence-corrected chi connectivity index (χ0v) is 16.5. The minimum atomic E-state index is 0.758. The Morgan fingerprint density at radius 3 is 2.52 bits per heavy atom. The van der Waals surface area contributed by atoms with Crippen LogP contribution in [0.5, 0.6) is 0 Å². The third-order valence-electron chi connectivity index (χ3n) is 6.49. The third-order valence-corrected chi connectivity index (χ3v) is 6.49. The lowest BCUT2D eigenvalue weighted by molar-refractivity contribution is 0.319. The fourth-order valence-corrected chi connectivity index (χ4v) is 4.61. The van der Waals surface area contributed by atoms with Crippen LogP contribution < -0.4 is 0 Å². The van der Waals surface area contributed by atoms with Gasteiger partial charge in [0.1, 0.15) is 0 Å². The molecule has 0 aliphatic heterocycles. The van der Waals surface area contributed by atoms with Gasteiger partial charge < -0.3 is 0 Å². The SMILES string of the molecule is C=CC1=CC=C(c2ccc3cc(C4CCC(CC)CC4)ccc3c2)CC=C1. The van der Waals surface area contributed by atoms with Crippen molar-refractivity contribution in [1.29, 1.82) is 0 Å². The van der Waals surface area contributed by atoms with E-state index in [0.29, 0.717) is 0 Å². The second-order valence-corrected chi connectivity index (χ2v) is 8.12. The molecular formula is C27H30. The Morgan fingerprint density at radius 1 is 0.963 bits per heavy atom. The Balaban J connectivity index is 1.58. The molecule has 27 heavy (non-hydrogen) atoms. The van der Waals surface area contributed by atoms with Crippen molar-refractivity contribution in [2.45, 2.75) is 51.4 Å². The van der Waals surface area contributed by atoms with E-state index in [-0.39, 0.29) is 0 Å². The van der Waals surface area contributed by atoms with Crippen molar-refractivity contribution in [2.24, 2.45) is 5.92 Å². The summed E-state index contributed by atoms with van der Waals surface area (Å²) in [5.41, 5.74) is 5.41. The van der Waals surface area contributed by atoms with Gasteiger partial charge in [0.15, 0.2) is 0 Å².